The summed E-state index contributed by atoms with van der Waals surface area (Å²) in [5, 5.41) is 21.8. The predicted octanol–water partition coefficient (Wildman–Crippen LogP) is 1.97. The Balaban J connectivity index is 1.36. The molecule has 4 aromatic rings. The summed E-state index contributed by atoms with van der Waals surface area (Å²) < 4.78 is 7.24. The van der Waals surface area contributed by atoms with E-state index in [1.807, 2.05) is 47.1 Å². The van der Waals surface area contributed by atoms with Crippen LogP contribution in [0.25, 0.3) is 16.8 Å². The van der Waals surface area contributed by atoms with Crippen LogP contribution < -0.4 is 5.32 Å². The molecule has 3 aromatic heterocycles. The van der Waals surface area contributed by atoms with Crippen LogP contribution in [0.4, 0.5) is 11.5 Å². The SMILES string of the molecule is O=C(Cc1cccc(-c2cc(Nc3ccc(C(=O)N4CCOCC4)cn3)c3nccn3c2)c1)N(CCO)CCO. The number of imidazole rings is 1. The van der Waals surface area contributed by atoms with Gasteiger partial charge in [0.15, 0.2) is 5.65 Å². The summed E-state index contributed by atoms with van der Waals surface area (Å²) in [6.45, 7) is 2.28. The molecular formula is C29H32N6O5. The third-order valence-electron chi connectivity index (χ3n) is 6.77. The number of rotatable bonds is 10. The minimum atomic E-state index is -0.158. The molecule has 0 atom stereocenters. The van der Waals surface area contributed by atoms with Crippen LogP contribution in [0.2, 0.25) is 0 Å². The summed E-state index contributed by atoms with van der Waals surface area (Å²) in [5.41, 5.74) is 4.62. The molecule has 1 aromatic carbocycles. The van der Waals surface area contributed by atoms with Crippen molar-refractivity contribution in [2.24, 2.45) is 0 Å². The summed E-state index contributed by atoms with van der Waals surface area (Å²) in [6, 6.07) is 13.2. The molecular weight excluding hydrogens is 512 g/mol. The van der Waals surface area contributed by atoms with Crippen LogP contribution in [-0.2, 0) is 16.0 Å². The zero-order valence-corrected chi connectivity index (χ0v) is 22.1. The zero-order chi connectivity index (χ0) is 27.9. The Labute approximate surface area is 231 Å². The van der Waals surface area contributed by atoms with Gasteiger partial charge in [-0.2, -0.15) is 0 Å². The van der Waals surface area contributed by atoms with E-state index >= 15 is 0 Å². The average Bonchev–Trinajstić information content (AvgIpc) is 3.47. The Bertz CT molecular complexity index is 1460. The highest BCUT2D eigenvalue weighted by molar-refractivity contribution is 5.94. The van der Waals surface area contributed by atoms with Gasteiger partial charge in [0.25, 0.3) is 5.91 Å². The number of carbonyl (C=O) groups is 2. The van der Waals surface area contributed by atoms with Crippen molar-refractivity contribution < 1.29 is 24.5 Å². The molecule has 4 heterocycles. The van der Waals surface area contributed by atoms with Crippen LogP contribution >= 0.6 is 0 Å². The summed E-state index contributed by atoms with van der Waals surface area (Å²) in [4.78, 5) is 37.7. The van der Waals surface area contributed by atoms with Gasteiger partial charge in [0.05, 0.1) is 44.1 Å². The van der Waals surface area contributed by atoms with Gasteiger partial charge >= 0.3 is 0 Å². The van der Waals surface area contributed by atoms with Gasteiger partial charge in [-0.3, -0.25) is 9.59 Å². The number of nitrogens with zero attached hydrogens (tertiary/aromatic N) is 5. The first kappa shape index (κ1) is 27.3. The molecule has 0 saturated carbocycles. The fourth-order valence-electron chi connectivity index (χ4n) is 4.71. The molecule has 0 aliphatic carbocycles. The number of morpholine rings is 1. The average molecular weight is 545 g/mol. The summed E-state index contributed by atoms with van der Waals surface area (Å²) in [6.07, 6.45) is 7.27. The van der Waals surface area contributed by atoms with E-state index in [-0.39, 0.29) is 44.5 Å². The third kappa shape index (κ3) is 6.28. The molecule has 40 heavy (non-hydrogen) atoms. The topological polar surface area (TPSA) is 133 Å². The number of pyridine rings is 2. The highest BCUT2D eigenvalue weighted by atomic mass is 16.5. The van der Waals surface area contributed by atoms with E-state index < -0.39 is 0 Å². The minimum absolute atomic E-state index is 0.0609. The van der Waals surface area contributed by atoms with Crippen LogP contribution in [0.15, 0.2) is 67.3 Å². The molecule has 3 N–H and O–H groups in total. The fourth-order valence-corrected chi connectivity index (χ4v) is 4.71. The monoisotopic (exact) mass is 544 g/mol. The smallest absolute Gasteiger partial charge is 0.255 e. The quantitative estimate of drug-likeness (QED) is 0.276. The van der Waals surface area contributed by atoms with E-state index in [1.165, 1.54) is 4.90 Å². The minimum Gasteiger partial charge on any atom is -0.395 e. The number of hydrogen-bond donors (Lipinski definition) is 3. The van der Waals surface area contributed by atoms with Crippen molar-refractivity contribution in [1.82, 2.24) is 24.2 Å². The van der Waals surface area contributed by atoms with Gasteiger partial charge in [-0.15, -0.1) is 0 Å². The zero-order valence-electron chi connectivity index (χ0n) is 22.1. The first-order valence-corrected chi connectivity index (χ1v) is 13.2. The highest BCUT2D eigenvalue weighted by Gasteiger charge is 2.19. The number of hydrogen-bond acceptors (Lipinski definition) is 8. The molecule has 5 rings (SSSR count). The van der Waals surface area contributed by atoms with Gasteiger partial charge in [-0.1, -0.05) is 24.3 Å². The Hall–Kier alpha value is -4.32. The summed E-state index contributed by atoms with van der Waals surface area (Å²) in [7, 11) is 0. The Morgan fingerprint density at radius 1 is 1.00 bits per heavy atom. The number of benzene rings is 1. The van der Waals surface area contributed by atoms with Crippen molar-refractivity contribution in [1.29, 1.82) is 0 Å². The van der Waals surface area contributed by atoms with Crippen LogP contribution in [0.5, 0.6) is 0 Å². The van der Waals surface area contributed by atoms with Crippen LogP contribution in [0.1, 0.15) is 15.9 Å². The Morgan fingerprint density at radius 2 is 1.80 bits per heavy atom. The van der Waals surface area contributed by atoms with Crippen LogP contribution in [-0.4, -0.2) is 98.8 Å². The van der Waals surface area contributed by atoms with E-state index in [4.69, 9.17) is 4.74 Å². The maximum Gasteiger partial charge on any atom is 0.255 e. The van der Waals surface area contributed by atoms with Gasteiger partial charge in [0, 0.05) is 56.5 Å². The van der Waals surface area contributed by atoms with Crippen molar-refractivity contribution in [3.05, 3.63) is 78.4 Å². The largest absolute Gasteiger partial charge is 0.395 e. The number of amides is 2. The molecule has 208 valence electrons. The molecule has 0 spiro atoms. The lowest BCUT2D eigenvalue weighted by atomic mass is 10.0. The van der Waals surface area contributed by atoms with Crippen molar-refractivity contribution in [3.8, 4) is 11.1 Å². The van der Waals surface area contributed by atoms with Crippen LogP contribution in [0, 0.1) is 0 Å². The molecule has 1 aliphatic rings. The third-order valence-corrected chi connectivity index (χ3v) is 6.77. The van der Waals surface area contributed by atoms with E-state index in [1.54, 1.807) is 29.4 Å². The maximum atomic E-state index is 12.8. The van der Waals surface area contributed by atoms with Crippen molar-refractivity contribution in [2.45, 2.75) is 6.42 Å². The molecule has 11 nitrogen and oxygen atoms in total. The molecule has 1 saturated heterocycles. The second-order valence-electron chi connectivity index (χ2n) is 9.47. The molecule has 1 aliphatic heterocycles. The van der Waals surface area contributed by atoms with Crippen molar-refractivity contribution >= 4 is 29.0 Å². The first-order valence-electron chi connectivity index (χ1n) is 13.2. The lowest BCUT2D eigenvalue weighted by Gasteiger charge is -2.26. The van der Waals surface area contributed by atoms with Crippen LogP contribution in [0.3, 0.4) is 0 Å². The fraction of sp³-hybridized carbons (Fsp3) is 0.310. The normalized spacial score (nSPS) is 13.4. The van der Waals surface area contributed by atoms with Gasteiger partial charge in [0.1, 0.15) is 5.82 Å². The lowest BCUT2D eigenvalue weighted by Crippen LogP contribution is -2.40. The Morgan fingerprint density at radius 3 is 2.52 bits per heavy atom. The molecule has 2 amide bonds. The molecule has 11 heteroatoms. The number of carbonyl (C=O) groups excluding carboxylic acids is 2. The first-order chi connectivity index (χ1) is 19.6. The van der Waals surface area contributed by atoms with Gasteiger partial charge < -0.3 is 34.5 Å². The molecule has 0 unspecified atom stereocenters. The number of aliphatic hydroxyl groups is 2. The summed E-state index contributed by atoms with van der Waals surface area (Å²) in [5.74, 6) is 0.358. The standard InChI is InChI=1S/C29H32N6O5/c36-12-8-33(9-13-37)27(38)17-21-2-1-3-22(16-21)24-18-25(28-30-6-7-35(28)20-24)32-26-5-4-23(19-31-26)29(39)34-10-14-40-15-11-34/h1-7,16,18-20,36-37H,8-15,17H2,(H,31,32). The highest BCUT2D eigenvalue weighted by Crippen LogP contribution is 2.28. The van der Waals surface area contributed by atoms with Gasteiger partial charge in [0.2, 0.25) is 5.91 Å². The van der Waals surface area contributed by atoms with Gasteiger partial charge in [-0.05, 0) is 29.3 Å². The molecule has 1 fully saturated rings. The predicted molar refractivity (Wildman–Crippen MR) is 149 cm³/mol. The van der Waals surface area contributed by atoms with E-state index in [9.17, 15) is 19.8 Å². The van der Waals surface area contributed by atoms with E-state index in [2.05, 4.69) is 15.3 Å². The number of fused-ring (bicyclic) bond motifs is 1. The number of aliphatic hydroxyl groups excluding tert-OH is 2. The number of nitrogens with one attached hydrogen (secondary N) is 1. The summed E-state index contributed by atoms with van der Waals surface area (Å²) >= 11 is 0. The number of ether oxygens (including phenoxy) is 1. The lowest BCUT2D eigenvalue weighted by molar-refractivity contribution is -0.131. The Kier molecular flexibility index (Phi) is 8.65. The molecule has 0 radical (unpaired) electrons. The number of anilines is 2. The van der Waals surface area contributed by atoms with Gasteiger partial charge in [-0.25, -0.2) is 9.97 Å². The number of aromatic nitrogens is 3. The van der Waals surface area contributed by atoms with E-state index in [0.717, 1.165) is 22.4 Å². The van der Waals surface area contributed by atoms with Crippen molar-refractivity contribution in [2.75, 3.05) is 57.9 Å². The maximum absolute atomic E-state index is 12.8. The van der Waals surface area contributed by atoms with E-state index in [0.29, 0.717) is 43.3 Å². The molecule has 0 bridgehead atoms. The second-order valence-corrected chi connectivity index (χ2v) is 9.47. The van der Waals surface area contributed by atoms with Crippen molar-refractivity contribution in [3.63, 3.8) is 0 Å². The second kappa shape index (κ2) is 12.7.